The van der Waals surface area contributed by atoms with E-state index >= 15 is 0 Å². The van der Waals surface area contributed by atoms with E-state index in [9.17, 15) is 14.4 Å². The molecule has 11 nitrogen and oxygen atoms in total. The van der Waals surface area contributed by atoms with E-state index in [1.54, 1.807) is 10.9 Å². The number of rotatable bonds is 6. The maximum atomic E-state index is 11.9. The van der Waals surface area contributed by atoms with Crippen molar-refractivity contribution in [1.82, 2.24) is 19.5 Å². The van der Waals surface area contributed by atoms with Crippen LogP contribution in [0.25, 0.3) is 11.2 Å². The van der Waals surface area contributed by atoms with Crippen LogP contribution >= 0.6 is 0 Å². The van der Waals surface area contributed by atoms with Gasteiger partial charge in [0.1, 0.15) is 24.6 Å². The number of carbonyl (C=O) groups is 3. The highest BCUT2D eigenvalue weighted by molar-refractivity contribution is 5.74. The van der Waals surface area contributed by atoms with Gasteiger partial charge in [0, 0.05) is 26.7 Å². The first-order chi connectivity index (χ1) is 15.8. The summed E-state index contributed by atoms with van der Waals surface area (Å²) in [5, 5.41) is 0. The molecule has 0 radical (unpaired) electrons. The molecule has 1 saturated heterocycles. The van der Waals surface area contributed by atoms with Crippen molar-refractivity contribution < 1.29 is 33.3 Å². The van der Waals surface area contributed by atoms with E-state index in [1.165, 1.54) is 33.5 Å². The quantitative estimate of drug-likeness (QED) is 0.467. The van der Waals surface area contributed by atoms with E-state index in [-0.39, 0.29) is 6.61 Å². The first-order valence-electron chi connectivity index (χ1n) is 11.2. The maximum absolute atomic E-state index is 11.9. The third kappa shape index (κ3) is 4.97. The predicted molar refractivity (Wildman–Crippen MR) is 113 cm³/mol. The fourth-order valence-electron chi connectivity index (χ4n) is 4.65. The molecule has 1 aliphatic carbocycles. The molecule has 1 saturated carbocycles. The van der Waals surface area contributed by atoms with Gasteiger partial charge in [-0.3, -0.25) is 19.0 Å². The van der Waals surface area contributed by atoms with Crippen molar-refractivity contribution in [1.29, 1.82) is 0 Å². The molecule has 178 valence electrons. The normalized spacial score (nSPS) is 25.7. The molecule has 2 fully saturated rings. The maximum Gasteiger partial charge on any atom is 0.303 e. The van der Waals surface area contributed by atoms with Gasteiger partial charge in [0.05, 0.1) is 12.0 Å². The number of fused-ring (bicyclic) bond motifs is 1. The van der Waals surface area contributed by atoms with Crippen LogP contribution in [0.3, 0.4) is 0 Å². The van der Waals surface area contributed by atoms with Gasteiger partial charge in [-0.15, -0.1) is 0 Å². The Hall–Kier alpha value is -3.08. The zero-order chi connectivity index (χ0) is 23.5. The van der Waals surface area contributed by atoms with E-state index in [2.05, 4.69) is 15.0 Å². The van der Waals surface area contributed by atoms with Crippen LogP contribution < -0.4 is 0 Å². The number of ether oxygens (including phenoxy) is 4. The summed E-state index contributed by atoms with van der Waals surface area (Å²) in [6.07, 6.45) is 4.99. The van der Waals surface area contributed by atoms with E-state index in [0.717, 1.165) is 31.4 Å². The van der Waals surface area contributed by atoms with Crippen molar-refractivity contribution in [2.75, 3.05) is 6.61 Å². The number of imidazole rings is 1. The molecule has 11 heteroatoms. The molecule has 2 aromatic heterocycles. The van der Waals surface area contributed by atoms with E-state index in [1.807, 2.05) is 0 Å². The summed E-state index contributed by atoms with van der Waals surface area (Å²) in [7, 11) is 0. The molecule has 0 unspecified atom stereocenters. The number of nitrogens with zero attached hydrogens (tertiary/aromatic N) is 4. The summed E-state index contributed by atoms with van der Waals surface area (Å²) in [6.45, 7) is 3.61. The third-order valence-electron chi connectivity index (χ3n) is 5.99. The molecule has 0 spiro atoms. The minimum Gasteiger partial charge on any atom is -0.463 e. The van der Waals surface area contributed by atoms with Gasteiger partial charge in [0.15, 0.2) is 24.1 Å². The van der Waals surface area contributed by atoms with Crippen LogP contribution in [0.5, 0.6) is 0 Å². The fraction of sp³-hybridized carbons (Fsp3) is 0.636. The van der Waals surface area contributed by atoms with Crippen LogP contribution in [-0.2, 0) is 33.3 Å². The minimum absolute atomic E-state index is 0.170. The van der Waals surface area contributed by atoms with Gasteiger partial charge in [0.25, 0.3) is 0 Å². The van der Waals surface area contributed by atoms with Crippen LogP contribution in [0.15, 0.2) is 12.7 Å². The topological polar surface area (TPSA) is 132 Å². The Morgan fingerprint density at radius 2 is 1.67 bits per heavy atom. The lowest BCUT2D eigenvalue weighted by Crippen LogP contribution is -2.40. The lowest BCUT2D eigenvalue weighted by atomic mass is 9.86. The molecule has 4 rings (SSSR count). The molecular formula is C22H28N4O7. The summed E-state index contributed by atoms with van der Waals surface area (Å²) < 4.78 is 23.8. The number of hydrogen-bond acceptors (Lipinski definition) is 10. The van der Waals surface area contributed by atoms with Crippen LogP contribution in [-0.4, -0.2) is 62.3 Å². The zero-order valence-electron chi connectivity index (χ0n) is 18.9. The van der Waals surface area contributed by atoms with Crippen molar-refractivity contribution in [3.05, 3.63) is 18.3 Å². The fourth-order valence-corrected chi connectivity index (χ4v) is 4.65. The molecule has 2 aromatic rings. The van der Waals surface area contributed by atoms with Crippen molar-refractivity contribution in [2.24, 2.45) is 0 Å². The van der Waals surface area contributed by atoms with Gasteiger partial charge < -0.3 is 18.9 Å². The van der Waals surface area contributed by atoms with Crippen LogP contribution in [0.1, 0.15) is 70.7 Å². The molecule has 4 atom stereocenters. The molecular weight excluding hydrogens is 432 g/mol. The second kappa shape index (κ2) is 9.82. The Bertz CT molecular complexity index is 1030. The van der Waals surface area contributed by atoms with Gasteiger partial charge in [-0.05, 0) is 12.8 Å². The van der Waals surface area contributed by atoms with Crippen LogP contribution in [0.4, 0.5) is 0 Å². The molecule has 2 aliphatic rings. The second-order valence-corrected chi connectivity index (χ2v) is 8.43. The average molecular weight is 460 g/mol. The highest BCUT2D eigenvalue weighted by Crippen LogP contribution is 2.38. The number of esters is 3. The molecule has 3 heterocycles. The molecule has 0 bridgehead atoms. The first kappa shape index (κ1) is 23.1. The number of hydrogen-bond donors (Lipinski definition) is 0. The summed E-state index contributed by atoms with van der Waals surface area (Å²) in [4.78, 5) is 48.5. The second-order valence-electron chi connectivity index (χ2n) is 8.43. The van der Waals surface area contributed by atoms with E-state index in [4.69, 9.17) is 18.9 Å². The molecule has 0 amide bonds. The predicted octanol–water partition coefficient (Wildman–Crippen LogP) is 2.20. The average Bonchev–Trinajstić information content (AvgIpc) is 3.34. The summed E-state index contributed by atoms with van der Waals surface area (Å²) in [5.74, 6) is -1.34. The zero-order valence-corrected chi connectivity index (χ0v) is 18.9. The largest absolute Gasteiger partial charge is 0.463 e. The monoisotopic (exact) mass is 460 g/mol. The summed E-state index contributed by atoms with van der Waals surface area (Å²) in [5.41, 5.74) is 2.10. The lowest BCUT2D eigenvalue weighted by molar-refractivity contribution is -0.166. The molecule has 0 N–H and O–H groups in total. The summed E-state index contributed by atoms with van der Waals surface area (Å²) in [6, 6.07) is 0. The highest BCUT2D eigenvalue weighted by Gasteiger charge is 2.51. The van der Waals surface area contributed by atoms with Gasteiger partial charge in [-0.2, -0.15) is 0 Å². The van der Waals surface area contributed by atoms with Crippen LogP contribution in [0.2, 0.25) is 0 Å². The van der Waals surface area contributed by atoms with Gasteiger partial charge >= 0.3 is 17.9 Å². The molecule has 1 aliphatic heterocycles. The first-order valence-corrected chi connectivity index (χ1v) is 11.2. The molecule has 33 heavy (non-hydrogen) atoms. The molecule has 0 aromatic carbocycles. The lowest BCUT2D eigenvalue weighted by Gasteiger charge is -2.24. The van der Waals surface area contributed by atoms with Crippen molar-refractivity contribution >= 4 is 29.1 Å². The SMILES string of the molecule is CC(=O)OC[C@H]1O[C@@H](n2cnc3c(C4CCCCC4)ncnc32)[C@H](OC(C)=O)[C@@H]1OC(C)=O. The Labute approximate surface area is 190 Å². The van der Waals surface area contributed by atoms with Crippen molar-refractivity contribution in [3.8, 4) is 0 Å². The summed E-state index contributed by atoms with van der Waals surface area (Å²) >= 11 is 0. The van der Waals surface area contributed by atoms with Gasteiger partial charge in [0.2, 0.25) is 0 Å². The van der Waals surface area contributed by atoms with E-state index in [0.29, 0.717) is 17.1 Å². The van der Waals surface area contributed by atoms with Crippen molar-refractivity contribution in [2.45, 2.75) is 83.3 Å². The third-order valence-corrected chi connectivity index (χ3v) is 5.99. The standard InChI is InChI=1S/C22H28N4O7/c1-12(27)30-9-16-19(31-13(2)28)20(32-14(3)29)22(33-16)26-11-25-18-17(23-10-24-21(18)26)15-7-5-4-6-8-15/h10-11,15-16,19-20,22H,4-9H2,1-3H3/t16-,19-,20-,22-/m1/s1. The Morgan fingerprint density at radius 1 is 0.970 bits per heavy atom. The van der Waals surface area contributed by atoms with Crippen molar-refractivity contribution in [3.63, 3.8) is 0 Å². The van der Waals surface area contributed by atoms with E-state index < -0.39 is 42.4 Å². The Balaban J connectivity index is 1.71. The van der Waals surface area contributed by atoms with Crippen LogP contribution in [0, 0.1) is 0 Å². The number of carbonyl (C=O) groups excluding carboxylic acids is 3. The smallest absolute Gasteiger partial charge is 0.303 e. The minimum atomic E-state index is -0.988. The van der Waals surface area contributed by atoms with Gasteiger partial charge in [-0.1, -0.05) is 19.3 Å². The highest BCUT2D eigenvalue weighted by atomic mass is 16.7. The number of aromatic nitrogens is 4. The Morgan fingerprint density at radius 3 is 2.33 bits per heavy atom. The Kier molecular flexibility index (Phi) is 6.87. The van der Waals surface area contributed by atoms with Gasteiger partial charge in [-0.25, -0.2) is 15.0 Å².